The Kier molecular flexibility index (Phi) is 19.1. The van der Waals surface area contributed by atoms with Gasteiger partial charge >= 0.3 is 88.7 Å². The van der Waals surface area contributed by atoms with Crippen molar-refractivity contribution in [2.45, 2.75) is 0 Å². The van der Waals surface area contributed by atoms with Crippen molar-refractivity contribution in [3.8, 4) is 0 Å². The molecule has 13 heavy (non-hydrogen) atoms. The molecule has 0 bridgehead atoms. The molecule has 0 radical (unpaired) electrons. The zero-order chi connectivity index (χ0) is 8.41. The third-order valence-electron chi connectivity index (χ3n) is 0.599. The van der Waals surface area contributed by atoms with E-state index in [4.69, 9.17) is 9.11 Å². The molecular weight excluding hydrogens is 253 g/mol. The summed E-state index contributed by atoms with van der Waals surface area (Å²) in [6.07, 6.45) is 0. The molecule has 0 aliphatic heterocycles. The first-order valence-electron chi connectivity index (χ1n) is 2.11. The van der Waals surface area contributed by atoms with E-state index < -0.39 is 31.7 Å². The van der Waals surface area contributed by atoms with E-state index in [1.165, 1.54) is 0 Å². The second-order valence-corrected chi connectivity index (χ2v) is 4.72. The maximum absolute atomic E-state index is 9.86. The Bertz CT molecular complexity index is 260. The summed E-state index contributed by atoms with van der Waals surface area (Å²) < 4.78 is 55.4. The van der Waals surface area contributed by atoms with Crippen LogP contribution in [0.4, 0.5) is 0 Å². The van der Waals surface area contributed by atoms with Gasteiger partial charge in [0.25, 0.3) is 20.2 Å². The van der Waals surface area contributed by atoms with Crippen LogP contribution in [0.15, 0.2) is 0 Å². The summed E-state index contributed by atoms with van der Waals surface area (Å²) in [6.45, 7) is 0. The van der Waals surface area contributed by atoms with Crippen LogP contribution in [0, 0.1) is 0 Å². The summed E-state index contributed by atoms with van der Waals surface area (Å²) in [5.41, 5.74) is 0. The molecule has 0 unspecified atom stereocenters. The molecule has 0 fully saturated rings. The molecule has 0 aromatic carbocycles. The van der Waals surface area contributed by atoms with Crippen molar-refractivity contribution in [3.05, 3.63) is 0 Å². The molecule has 0 saturated heterocycles. The summed E-state index contributed by atoms with van der Waals surface area (Å²) >= 11 is 0. The van der Waals surface area contributed by atoms with Crippen LogP contribution in [0.3, 0.4) is 0 Å². The van der Waals surface area contributed by atoms with Crippen molar-refractivity contribution < 1.29 is 115 Å². The Balaban J connectivity index is -0.000000135. The fraction of sp³-hybridized carbons (Fsp3) is 1.00. The monoisotopic (exact) mass is 259 g/mol. The van der Waals surface area contributed by atoms with Crippen LogP contribution in [0.25, 0.3) is 0 Å². The van der Waals surface area contributed by atoms with Gasteiger partial charge in [-0.25, -0.2) is 0 Å². The molecule has 6 nitrogen and oxygen atoms in total. The molecule has 11 heteroatoms. The zero-order valence-corrected chi connectivity index (χ0v) is 15.4. The maximum Gasteiger partial charge on any atom is 1.00 e. The first-order valence-corrected chi connectivity index (χ1v) is 5.33. The van der Waals surface area contributed by atoms with Gasteiger partial charge in [-0.3, -0.25) is 9.11 Å². The molecule has 0 amide bonds. The normalized spacial score (nSPS) is 10.3. The molecule has 0 atom stereocenters. The Morgan fingerprint density at radius 1 is 0.692 bits per heavy atom. The van der Waals surface area contributed by atoms with Crippen molar-refractivity contribution >= 4 is 20.2 Å². The van der Waals surface area contributed by atoms with Gasteiger partial charge in [0.15, 0.2) is 0 Å². The first-order chi connectivity index (χ1) is 4.21. The maximum atomic E-state index is 9.86. The molecule has 62 valence electrons. The van der Waals surface area contributed by atoms with Gasteiger partial charge in [0.2, 0.25) is 0 Å². The zero-order valence-electron chi connectivity index (χ0n) is 7.76. The smallest absolute Gasteiger partial charge is 0.286 e. The van der Waals surface area contributed by atoms with Crippen LogP contribution < -0.4 is 88.7 Å². The number of hydrogen-bond donors (Lipinski definition) is 2. The fourth-order valence-corrected chi connectivity index (χ4v) is 1.90. The van der Waals surface area contributed by atoms with E-state index in [0.717, 1.165) is 0 Å². The largest absolute Gasteiger partial charge is 1.00 e. The van der Waals surface area contributed by atoms with Gasteiger partial charge < -0.3 is 0 Å². The van der Waals surface area contributed by atoms with Gasteiger partial charge in [-0.1, -0.05) is 0 Å². The summed E-state index contributed by atoms with van der Waals surface area (Å²) in [5.74, 6) is -1.96. The van der Waals surface area contributed by atoms with Crippen LogP contribution in [-0.2, 0) is 20.2 Å². The van der Waals surface area contributed by atoms with Gasteiger partial charge in [0.1, 0.15) is 0 Å². The van der Waals surface area contributed by atoms with E-state index in [1.54, 1.807) is 0 Å². The van der Waals surface area contributed by atoms with Gasteiger partial charge in [-0.05, 0) is 0 Å². The summed E-state index contributed by atoms with van der Waals surface area (Å²) in [7, 11) is -8.59. The van der Waals surface area contributed by atoms with Gasteiger partial charge in [-0.15, -0.1) is 0 Å². The van der Waals surface area contributed by atoms with Crippen LogP contribution >= 0.6 is 0 Å². The third-order valence-corrected chi connectivity index (χ3v) is 2.30. The Hall–Kier alpha value is 2.82. The van der Waals surface area contributed by atoms with E-state index >= 15 is 0 Å². The van der Waals surface area contributed by atoms with E-state index in [0.29, 0.717) is 0 Å². The molecule has 0 rings (SSSR count). The average molecular weight is 259 g/mol. The van der Waals surface area contributed by atoms with Gasteiger partial charge in [0, 0.05) is 0 Å². The molecule has 0 heterocycles. The molecule has 0 spiro atoms. The molecule has 2 N–H and O–H groups in total. The first kappa shape index (κ1) is 24.9. The van der Waals surface area contributed by atoms with E-state index in [-0.39, 0.29) is 88.7 Å². The van der Waals surface area contributed by atoms with Crippen LogP contribution in [0.5, 0.6) is 0 Å². The Labute approximate surface area is 144 Å². The molecule has 0 aromatic heterocycles. The second-order valence-electron chi connectivity index (χ2n) is 1.57. The third kappa shape index (κ3) is 25.3. The van der Waals surface area contributed by atoms with E-state index in [1.807, 2.05) is 0 Å². The quantitative estimate of drug-likeness (QED) is 0.385. The Morgan fingerprint density at radius 3 is 0.923 bits per heavy atom. The SMILES string of the molecule is O=S(=O)(O)CCS(=O)(=O)O.[Na+].[Na+].[Na+]. The predicted octanol–water partition coefficient (Wildman–Crippen LogP) is -10.2. The van der Waals surface area contributed by atoms with Gasteiger partial charge in [-0.2, -0.15) is 16.8 Å². The number of hydrogen-bond acceptors (Lipinski definition) is 4. The van der Waals surface area contributed by atoms with Crippen LogP contribution in [-0.4, -0.2) is 37.4 Å². The molecular formula is C2H6Na3O6S2+3. The Morgan fingerprint density at radius 2 is 0.846 bits per heavy atom. The van der Waals surface area contributed by atoms with Crippen molar-refractivity contribution in [2.75, 3.05) is 11.5 Å². The minimum atomic E-state index is -4.30. The van der Waals surface area contributed by atoms with Crippen LogP contribution in [0.1, 0.15) is 0 Å². The average Bonchev–Trinajstić information content (AvgIpc) is 1.57. The minimum absolute atomic E-state index is 0. The van der Waals surface area contributed by atoms with Gasteiger partial charge in [0.05, 0.1) is 11.5 Å². The molecule has 0 aliphatic carbocycles. The van der Waals surface area contributed by atoms with Crippen LogP contribution in [0.2, 0.25) is 0 Å². The molecule has 0 saturated carbocycles. The summed E-state index contributed by atoms with van der Waals surface area (Å²) in [5, 5.41) is 0. The minimum Gasteiger partial charge on any atom is -0.286 e. The number of rotatable bonds is 3. The second kappa shape index (κ2) is 10.0. The topological polar surface area (TPSA) is 109 Å². The van der Waals surface area contributed by atoms with Crippen molar-refractivity contribution in [1.82, 2.24) is 0 Å². The van der Waals surface area contributed by atoms with Crippen molar-refractivity contribution in [3.63, 3.8) is 0 Å². The van der Waals surface area contributed by atoms with Crippen molar-refractivity contribution in [1.29, 1.82) is 0 Å². The molecule has 0 aromatic rings. The van der Waals surface area contributed by atoms with E-state index in [9.17, 15) is 16.8 Å². The predicted molar refractivity (Wildman–Crippen MR) is 32.8 cm³/mol. The van der Waals surface area contributed by atoms with Crippen molar-refractivity contribution in [2.24, 2.45) is 0 Å². The standard InChI is InChI=1S/C2H6O6S2.3Na/c3-9(4,5)1-2-10(6,7)8;;;/h1-2H2,(H,3,4,5)(H,6,7,8);;;/q;3*+1. The van der Waals surface area contributed by atoms with E-state index in [2.05, 4.69) is 0 Å². The summed E-state index contributed by atoms with van der Waals surface area (Å²) in [4.78, 5) is 0. The summed E-state index contributed by atoms with van der Waals surface area (Å²) in [6, 6.07) is 0. The fourth-order valence-electron chi connectivity index (χ4n) is 0.211. The molecule has 0 aliphatic rings.